The van der Waals surface area contributed by atoms with Crippen molar-refractivity contribution >= 4 is 5.97 Å². The molecule has 0 fully saturated rings. The zero-order chi connectivity index (χ0) is 11.1. The standard InChI is InChI=1S/C11H11NO3/c1-15-11(14)7-3-5-9-4-2-6-10(8-13)12-9/h2,4,6,13H,7-8H2,1H3. The van der Waals surface area contributed by atoms with Gasteiger partial charge in [-0.15, -0.1) is 0 Å². The molecule has 0 radical (unpaired) electrons. The van der Waals surface area contributed by atoms with Crippen molar-refractivity contribution in [3.05, 3.63) is 29.6 Å². The third-order valence-electron chi connectivity index (χ3n) is 1.65. The van der Waals surface area contributed by atoms with Crippen LogP contribution >= 0.6 is 0 Å². The predicted octanol–water partition coefficient (Wildman–Crippen LogP) is 0.488. The van der Waals surface area contributed by atoms with Crippen LogP contribution in [0.2, 0.25) is 0 Å². The molecule has 0 amide bonds. The van der Waals surface area contributed by atoms with Crippen molar-refractivity contribution in [2.45, 2.75) is 13.0 Å². The first-order valence-electron chi connectivity index (χ1n) is 4.38. The Labute approximate surface area is 87.9 Å². The molecule has 0 aliphatic carbocycles. The Hall–Kier alpha value is -1.86. The van der Waals surface area contributed by atoms with Crippen molar-refractivity contribution < 1.29 is 14.6 Å². The molecule has 0 bridgehead atoms. The van der Waals surface area contributed by atoms with Crippen molar-refractivity contribution in [1.82, 2.24) is 4.98 Å². The second kappa shape index (κ2) is 5.78. The lowest BCUT2D eigenvalue weighted by molar-refractivity contribution is -0.139. The summed E-state index contributed by atoms with van der Waals surface area (Å²) >= 11 is 0. The van der Waals surface area contributed by atoms with Crippen LogP contribution in [0.25, 0.3) is 0 Å². The maximum atomic E-state index is 10.7. The third kappa shape index (κ3) is 3.79. The van der Waals surface area contributed by atoms with Crippen LogP contribution in [0.1, 0.15) is 17.8 Å². The van der Waals surface area contributed by atoms with Gasteiger partial charge in [-0.2, -0.15) is 0 Å². The number of aromatic nitrogens is 1. The minimum Gasteiger partial charge on any atom is -0.468 e. The third-order valence-corrected chi connectivity index (χ3v) is 1.65. The molecule has 0 spiro atoms. The molecule has 78 valence electrons. The number of nitrogens with zero attached hydrogens (tertiary/aromatic N) is 1. The van der Waals surface area contributed by atoms with Gasteiger partial charge in [0, 0.05) is 0 Å². The van der Waals surface area contributed by atoms with Gasteiger partial charge in [-0.1, -0.05) is 12.0 Å². The van der Waals surface area contributed by atoms with Gasteiger partial charge in [0.25, 0.3) is 0 Å². The van der Waals surface area contributed by atoms with Gasteiger partial charge < -0.3 is 9.84 Å². The predicted molar refractivity (Wildman–Crippen MR) is 53.7 cm³/mol. The number of esters is 1. The van der Waals surface area contributed by atoms with Crippen molar-refractivity contribution in [3.8, 4) is 11.8 Å². The summed E-state index contributed by atoms with van der Waals surface area (Å²) in [7, 11) is 1.31. The minimum absolute atomic E-state index is 0.0432. The maximum Gasteiger partial charge on any atom is 0.317 e. The molecule has 4 nitrogen and oxygen atoms in total. The molecule has 1 heterocycles. The molecule has 0 atom stereocenters. The number of aliphatic hydroxyl groups is 1. The first kappa shape index (κ1) is 11.2. The number of hydrogen-bond donors (Lipinski definition) is 1. The molecule has 1 aromatic rings. The van der Waals surface area contributed by atoms with Crippen molar-refractivity contribution in [1.29, 1.82) is 0 Å². The minimum atomic E-state index is -0.374. The lowest BCUT2D eigenvalue weighted by Crippen LogP contribution is -1.97. The molecule has 1 aromatic heterocycles. The van der Waals surface area contributed by atoms with Gasteiger partial charge in [-0.25, -0.2) is 4.98 Å². The summed E-state index contributed by atoms with van der Waals surface area (Å²) in [6.07, 6.45) is 0.0432. The summed E-state index contributed by atoms with van der Waals surface area (Å²) < 4.78 is 4.43. The zero-order valence-electron chi connectivity index (χ0n) is 8.36. The highest BCUT2D eigenvalue weighted by Crippen LogP contribution is 1.97. The van der Waals surface area contributed by atoms with Crippen molar-refractivity contribution in [2.24, 2.45) is 0 Å². The SMILES string of the molecule is COC(=O)CC#Cc1cccc(CO)n1. The van der Waals surface area contributed by atoms with E-state index in [1.54, 1.807) is 18.2 Å². The van der Waals surface area contributed by atoms with Crippen LogP contribution in [0.15, 0.2) is 18.2 Å². The molecule has 0 aliphatic heterocycles. The summed E-state index contributed by atoms with van der Waals surface area (Å²) in [5.41, 5.74) is 1.09. The van der Waals surface area contributed by atoms with E-state index in [4.69, 9.17) is 5.11 Å². The number of carbonyl (C=O) groups is 1. The molecular formula is C11H11NO3. The average Bonchev–Trinajstić information content (AvgIpc) is 2.29. The molecule has 0 aliphatic rings. The van der Waals surface area contributed by atoms with Gasteiger partial charge in [0.15, 0.2) is 0 Å². The molecule has 1 rings (SSSR count). The van der Waals surface area contributed by atoms with Crippen LogP contribution in [0, 0.1) is 11.8 Å². The van der Waals surface area contributed by atoms with E-state index in [2.05, 4.69) is 21.6 Å². The lowest BCUT2D eigenvalue weighted by Gasteiger charge is -1.94. The number of aliphatic hydroxyl groups excluding tert-OH is 1. The molecule has 0 unspecified atom stereocenters. The quantitative estimate of drug-likeness (QED) is 0.564. The van der Waals surface area contributed by atoms with Crippen LogP contribution in [0.4, 0.5) is 0 Å². The molecule has 1 N–H and O–H groups in total. The highest BCUT2D eigenvalue weighted by Gasteiger charge is 1.95. The largest absolute Gasteiger partial charge is 0.468 e. The zero-order valence-corrected chi connectivity index (χ0v) is 8.36. The number of methoxy groups -OCH3 is 1. The fourth-order valence-corrected chi connectivity index (χ4v) is 0.916. The number of ether oxygens (including phenoxy) is 1. The van der Waals surface area contributed by atoms with Crippen LogP contribution < -0.4 is 0 Å². The van der Waals surface area contributed by atoms with Crippen LogP contribution in [0.5, 0.6) is 0 Å². The molecule has 4 heteroatoms. The number of rotatable bonds is 2. The Morgan fingerprint density at radius 3 is 3.07 bits per heavy atom. The summed E-state index contributed by atoms with van der Waals surface area (Å²) in [4.78, 5) is 14.8. The average molecular weight is 205 g/mol. The van der Waals surface area contributed by atoms with E-state index in [0.717, 1.165) is 0 Å². The topological polar surface area (TPSA) is 59.4 Å². The monoisotopic (exact) mass is 205 g/mol. The lowest BCUT2D eigenvalue weighted by atomic mass is 10.3. The fraction of sp³-hybridized carbons (Fsp3) is 0.273. The molecule has 15 heavy (non-hydrogen) atoms. The van der Waals surface area contributed by atoms with E-state index >= 15 is 0 Å². The van der Waals surface area contributed by atoms with Crippen LogP contribution in [-0.4, -0.2) is 23.2 Å². The van der Waals surface area contributed by atoms with E-state index in [1.165, 1.54) is 7.11 Å². The summed E-state index contributed by atoms with van der Waals surface area (Å²) in [5, 5.41) is 8.83. The van der Waals surface area contributed by atoms with E-state index in [9.17, 15) is 4.79 Å². The smallest absolute Gasteiger partial charge is 0.317 e. The van der Waals surface area contributed by atoms with E-state index < -0.39 is 0 Å². The van der Waals surface area contributed by atoms with E-state index in [-0.39, 0.29) is 19.0 Å². The van der Waals surface area contributed by atoms with Gasteiger partial charge in [-0.3, -0.25) is 4.79 Å². The Morgan fingerprint density at radius 2 is 2.40 bits per heavy atom. The molecule has 0 aromatic carbocycles. The fourth-order valence-electron chi connectivity index (χ4n) is 0.916. The molecule has 0 saturated heterocycles. The summed E-state index contributed by atoms with van der Waals surface area (Å²) in [5.74, 6) is 4.97. The van der Waals surface area contributed by atoms with Crippen molar-refractivity contribution in [3.63, 3.8) is 0 Å². The summed E-state index contributed by atoms with van der Waals surface area (Å²) in [6, 6.07) is 5.16. The second-order valence-corrected chi connectivity index (χ2v) is 2.73. The highest BCUT2D eigenvalue weighted by atomic mass is 16.5. The molecular weight excluding hydrogens is 194 g/mol. The number of hydrogen-bond acceptors (Lipinski definition) is 4. The van der Waals surface area contributed by atoms with Gasteiger partial charge in [-0.05, 0) is 18.1 Å². The Morgan fingerprint density at radius 1 is 1.60 bits per heavy atom. The van der Waals surface area contributed by atoms with E-state index in [1.807, 2.05) is 0 Å². The molecule has 0 saturated carbocycles. The van der Waals surface area contributed by atoms with Crippen molar-refractivity contribution in [2.75, 3.05) is 7.11 Å². The highest BCUT2D eigenvalue weighted by molar-refractivity contribution is 5.72. The Bertz CT molecular complexity index is 404. The normalized spacial score (nSPS) is 8.93. The van der Waals surface area contributed by atoms with Gasteiger partial charge in [0.05, 0.1) is 19.4 Å². The Kier molecular flexibility index (Phi) is 4.32. The van der Waals surface area contributed by atoms with Gasteiger partial charge in [0.2, 0.25) is 0 Å². The van der Waals surface area contributed by atoms with E-state index in [0.29, 0.717) is 11.4 Å². The van der Waals surface area contributed by atoms with Gasteiger partial charge >= 0.3 is 5.97 Å². The Balaban J connectivity index is 2.67. The summed E-state index contributed by atoms with van der Waals surface area (Å²) in [6.45, 7) is -0.119. The first-order valence-corrected chi connectivity index (χ1v) is 4.38. The van der Waals surface area contributed by atoms with Gasteiger partial charge in [0.1, 0.15) is 12.1 Å². The number of carbonyl (C=O) groups excluding carboxylic acids is 1. The second-order valence-electron chi connectivity index (χ2n) is 2.73. The maximum absolute atomic E-state index is 10.7. The number of pyridine rings is 1. The van der Waals surface area contributed by atoms with Crippen LogP contribution in [-0.2, 0) is 16.1 Å². The van der Waals surface area contributed by atoms with Crippen LogP contribution in [0.3, 0.4) is 0 Å². The first-order chi connectivity index (χ1) is 7.26.